The fourth-order valence-electron chi connectivity index (χ4n) is 1.90. The highest BCUT2D eigenvalue weighted by atomic mass is 16.6. The number of hydrogen-bond donors (Lipinski definition) is 1. The fourth-order valence-corrected chi connectivity index (χ4v) is 1.90. The van der Waals surface area contributed by atoms with Crippen molar-refractivity contribution in [2.45, 2.75) is 26.0 Å². The number of benzene rings is 1. The lowest BCUT2D eigenvalue weighted by atomic mass is 10.1. The Hall–Kier alpha value is -2.50. The van der Waals surface area contributed by atoms with Crippen LogP contribution in [0.3, 0.4) is 0 Å². The number of nitrogens with one attached hydrogen (secondary N) is 1. The van der Waals surface area contributed by atoms with Gasteiger partial charge in [-0.3, -0.25) is 4.79 Å². The number of ether oxygens (including phenoxy) is 3. The minimum absolute atomic E-state index is 0.0259. The van der Waals surface area contributed by atoms with Crippen LogP contribution in [0.5, 0.6) is 0 Å². The molecule has 6 nitrogen and oxygen atoms in total. The number of hydrogen-bond acceptors (Lipinski definition) is 5. The van der Waals surface area contributed by atoms with Crippen LogP contribution in [0.2, 0.25) is 0 Å². The average Bonchev–Trinajstić information content (AvgIpc) is 2.56. The smallest absolute Gasteiger partial charge is 0.377 e. The van der Waals surface area contributed by atoms with E-state index in [1.807, 2.05) is 37.3 Å². The summed E-state index contributed by atoms with van der Waals surface area (Å²) < 4.78 is 15.1. The Bertz CT molecular complexity index is 555. The first kappa shape index (κ1) is 15.9. The van der Waals surface area contributed by atoms with E-state index in [-0.39, 0.29) is 24.3 Å². The molecule has 0 fully saturated rings. The molecule has 0 spiro atoms. The molecular weight excluding hydrogens is 286 g/mol. The van der Waals surface area contributed by atoms with E-state index in [2.05, 4.69) is 5.32 Å². The molecule has 1 N–H and O–H groups in total. The van der Waals surface area contributed by atoms with Crippen molar-refractivity contribution in [1.29, 1.82) is 0 Å². The predicted molar refractivity (Wildman–Crippen MR) is 78.5 cm³/mol. The van der Waals surface area contributed by atoms with Gasteiger partial charge in [-0.2, -0.15) is 0 Å². The van der Waals surface area contributed by atoms with Crippen LogP contribution < -0.4 is 5.32 Å². The summed E-state index contributed by atoms with van der Waals surface area (Å²) in [7, 11) is 0. The second-order valence-electron chi connectivity index (χ2n) is 4.89. The molecule has 2 atom stereocenters. The predicted octanol–water partition coefficient (Wildman–Crippen LogP) is 1.68. The molecule has 0 saturated heterocycles. The summed E-state index contributed by atoms with van der Waals surface area (Å²) >= 11 is 0. The van der Waals surface area contributed by atoms with Crippen LogP contribution >= 0.6 is 0 Å². The molecular formula is C16H19NO5. The van der Waals surface area contributed by atoms with Gasteiger partial charge in [0.05, 0.1) is 6.04 Å². The Morgan fingerprint density at radius 2 is 1.91 bits per heavy atom. The van der Waals surface area contributed by atoms with Crippen LogP contribution in [-0.2, 0) is 23.8 Å². The van der Waals surface area contributed by atoms with E-state index < -0.39 is 12.1 Å². The van der Waals surface area contributed by atoms with Gasteiger partial charge in [0.25, 0.3) is 5.91 Å². The number of amides is 1. The van der Waals surface area contributed by atoms with Crippen LogP contribution in [-0.4, -0.2) is 31.2 Å². The van der Waals surface area contributed by atoms with Crippen molar-refractivity contribution in [1.82, 2.24) is 5.32 Å². The monoisotopic (exact) mass is 305 g/mol. The summed E-state index contributed by atoms with van der Waals surface area (Å²) in [5.74, 6) is -1.11. The SMILES string of the molecule is CC(OC(=O)C1=COCCO1)C(=O)NC(C)c1ccccc1. The van der Waals surface area contributed by atoms with Crippen LogP contribution in [0.15, 0.2) is 42.4 Å². The first-order valence-electron chi connectivity index (χ1n) is 7.09. The van der Waals surface area contributed by atoms with Crippen LogP contribution in [0.1, 0.15) is 25.5 Å². The standard InChI is InChI=1S/C16H19NO5/c1-11(13-6-4-3-5-7-13)17-15(18)12(2)22-16(19)14-10-20-8-9-21-14/h3-7,10-12H,8-9H2,1-2H3,(H,17,18). The van der Waals surface area contributed by atoms with Crippen molar-refractivity contribution in [3.63, 3.8) is 0 Å². The zero-order valence-electron chi connectivity index (χ0n) is 12.6. The van der Waals surface area contributed by atoms with Crippen LogP contribution in [0, 0.1) is 0 Å². The highest BCUT2D eigenvalue weighted by Crippen LogP contribution is 2.12. The van der Waals surface area contributed by atoms with E-state index in [1.165, 1.54) is 13.2 Å². The topological polar surface area (TPSA) is 73.9 Å². The molecule has 1 aliphatic rings. The largest absolute Gasteiger partial charge is 0.493 e. The Kier molecular flexibility index (Phi) is 5.41. The summed E-state index contributed by atoms with van der Waals surface area (Å²) in [5.41, 5.74) is 0.973. The average molecular weight is 305 g/mol. The minimum atomic E-state index is -0.926. The lowest BCUT2D eigenvalue weighted by Gasteiger charge is -2.19. The van der Waals surface area contributed by atoms with Crippen molar-refractivity contribution in [2.24, 2.45) is 0 Å². The summed E-state index contributed by atoms with van der Waals surface area (Å²) in [6.45, 7) is 4.05. The molecule has 1 heterocycles. The van der Waals surface area contributed by atoms with Gasteiger partial charge in [-0.05, 0) is 19.4 Å². The summed E-state index contributed by atoms with van der Waals surface area (Å²) in [4.78, 5) is 23.9. The van der Waals surface area contributed by atoms with Gasteiger partial charge in [-0.15, -0.1) is 0 Å². The summed E-state index contributed by atoms with van der Waals surface area (Å²) in [5, 5.41) is 2.80. The molecule has 0 aliphatic carbocycles. The van der Waals surface area contributed by atoms with Crippen molar-refractivity contribution in [3.05, 3.63) is 47.9 Å². The quantitative estimate of drug-likeness (QED) is 0.838. The number of esters is 1. The van der Waals surface area contributed by atoms with Crippen molar-refractivity contribution in [2.75, 3.05) is 13.2 Å². The van der Waals surface area contributed by atoms with E-state index >= 15 is 0 Å². The van der Waals surface area contributed by atoms with Crippen LogP contribution in [0.25, 0.3) is 0 Å². The lowest BCUT2D eigenvalue weighted by molar-refractivity contribution is -0.155. The molecule has 2 rings (SSSR count). The van der Waals surface area contributed by atoms with Crippen LogP contribution in [0.4, 0.5) is 0 Å². The van der Waals surface area contributed by atoms with Gasteiger partial charge in [-0.1, -0.05) is 30.3 Å². The Labute approximate surface area is 129 Å². The highest BCUT2D eigenvalue weighted by molar-refractivity contribution is 5.89. The molecule has 0 radical (unpaired) electrons. The normalized spacial score (nSPS) is 16.4. The summed E-state index contributed by atoms with van der Waals surface area (Å²) in [6.07, 6.45) is 0.272. The molecule has 0 aromatic heterocycles. The van der Waals surface area contributed by atoms with E-state index in [1.54, 1.807) is 0 Å². The third-order valence-corrected chi connectivity index (χ3v) is 3.16. The molecule has 2 unspecified atom stereocenters. The highest BCUT2D eigenvalue weighted by Gasteiger charge is 2.24. The Morgan fingerprint density at radius 1 is 1.18 bits per heavy atom. The van der Waals surface area contributed by atoms with Gasteiger partial charge in [0.1, 0.15) is 19.5 Å². The maximum Gasteiger partial charge on any atom is 0.377 e. The van der Waals surface area contributed by atoms with Gasteiger partial charge < -0.3 is 19.5 Å². The second kappa shape index (κ2) is 7.49. The second-order valence-corrected chi connectivity index (χ2v) is 4.89. The van der Waals surface area contributed by atoms with Gasteiger partial charge >= 0.3 is 5.97 Å². The third-order valence-electron chi connectivity index (χ3n) is 3.16. The van der Waals surface area contributed by atoms with Gasteiger partial charge in [0.2, 0.25) is 5.76 Å². The van der Waals surface area contributed by atoms with Gasteiger partial charge in [0.15, 0.2) is 6.10 Å². The number of carbonyl (C=O) groups excluding carboxylic acids is 2. The number of carbonyl (C=O) groups is 2. The molecule has 22 heavy (non-hydrogen) atoms. The Balaban J connectivity index is 1.86. The maximum atomic E-state index is 12.1. The molecule has 118 valence electrons. The fraction of sp³-hybridized carbons (Fsp3) is 0.375. The maximum absolute atomic E-state index is 12.1. The molecule has 1 aliphatic heterocycles. The van der Waals surface area contributed by atoms with E-state index in [9.17, 15) is 9.59 Å². The minimum Gasteiger partial charge on any atom is -0.493 e. The van der Waals surface area contributed by atoms with Gasteiger partial charge in [-0.25, -0.2) is 4.79 Å². The van der Waals surface area contributed by atoms with Crippen molar-refractivity contribution < 1.29 is 23.8 Å². The van der Waals surface area contributed by atoms with E-state index in [0.29, 0.717) is 6.61 Å². The zero-order valence-corrected chi connectivity index (χ0v) is 12.6. The van der Waals surface area contributed by atoms with Gasteiger partial charge in [0, 0.05) is 0 Å². The Morgan fingerprint density at radius 3 is 2.55 bits per heavy atom. The first-order valence-corrected chi connectivity index (χ1v) is 7.09. The van der Waals surface area contributed by atoms with E-state index in [0.717, 1.165) is 5.56 Å². The zero-order chi connectivity index (χ0) is 15.9. The first-order chi connectivity index (χ1) is 10.6. The molecule has 6 heteroatoms. The van der Waals surface area contributed by atoms with Crippen molar-refractivity contribution >= 4 is 11.9 Å². The van der Waals surface area contributed by atoms with E-state index in [4.69, 9.17) is 14.2 Å². The molecule has 1 aromatic rings. The number of rotatable bonds is 5. The molecule has 1 aromatic carbocycles. The summed E-state index contributed by atoms with van der Waals surface area (Å²) in [6, 6.07) is 9.35. The molecule has 0 saturated carbocycles. The van der Waals surface area contributed by atoms with Crippen molar-refractivity contribution in [3.8, 4) is 0 Å². The molecule has 1 amide bonds. The molecule has 0 bridgehead atoms. The third kappa shape index (κ3) is 4.25. The lowest BCUT2D eigenvalue weighted by Crippen LogP contribution is -2.37.